The maximum absolute atomic E-state index is 12.6. The summed E-state index contributed by atoms with van der Waals surface area (Å²) in [6.07, 6.45) is -1.17. The molecule has 0 saturated heterocycles. The maximum Gasteiger partial charge on any atom is 0.417 e. The van der Waals surface area contributed by atoms with E-state index in [0.29, 0.717) is 6.20 Å². The lowest BCUT2D eigenvalue weighted by molar-refractivity contribution is -0.137. The fourth-order valence-corrected chi connectivity index (χ4v) is 1.29. The van der Waals surface area contributed by atoms with Gasteiger partial charge in [0.05, 0.1) is 12.2 Å². The molecule has 0 aliphatic carbocycles. The predicted molar refractivity (Wildman–Crippen MR) is 61.8 cm³/mol. The number of halogens is 3. The number of aromatic nitrogens is 1. The number of rotatable bonds is 4. The summed E-state index contributed by atoms with van der Waals surface area (Å²) in [6, 6.07) is 0.823. The van der Waals surface area contributed by atoms with Crippen LogP contribution in [0.5, 0.6) is 0 Å². The van der Waals surface area contributed by atoms with Crippen LogP contribution in [0.25, 0.3) is 6.08 Å². The van der Waals surface area contributed by atoms with Crippen molar-refractivity contribution in [3.05, 3.63) is 35.2 Å². The van der Waals surface area contributed by atoms with E-state index in [-0.39, 0.29) is 17.9 Å². The third-order valence-corrected chi connectivity index (χ3v) is 2.15. The second-order valence-corrected chi connectivity index (χ2v) is 3.49. The Morgan fingerprint density at radius 2 is 2.26 bits per heavy atom. The van der Waals surface area contributed by atoms with Crippen LogP contribution >= 0.6 is 0 Å². The van der Waals surface area contributed by atoms with Gasteiger partial charge in [0.1, 0.15) is 5.69 Å². The van der Waals surface area contributed by atoms with Crippen LogP contribution in [0.15, 0.2) is 18.3 Å². The first-order valence-corrected chi connectivity index (χ1v) is 5.13. The van der Waals surface area contributed by atoms with Crippen LogP contribution in [0.3, 0.4) is 0 Å². The Morgan fingerprint density at radius 1 is 1.58 bits per heavy atom. The fourth-order valence-electron chi connectivity index (χ4n) is 1.29. The van der Waals surface area contributed by atoms with Crippen LogP contribution in [0.1, 0.15) is 21.6 Å². The number of nitrogens with two attached hydrogens (primary N) is 1. The van der Waals surface area contributed by atoms with E-state index in [0.717, 1.165) is 6.07 Å². The van der Waals surface area contributed by atoms with E-state index in [1.165, 1.54) is 19.3 Å². The molecule has 0 aliphatic heterocycles. The SMILES string of the molecule is COC/C=C/c1cc(C(F)(F)F)cnc1C(=O)NN. The van der Waals surface area contributed by atoms with E-state index >= 15 is 0 Å². The summed E-state index contributed by atoms with van der Waals surface area (Å²) < 4.78 is 42.4. The molecule has 0 atom stereocenters. The standard InChI is InChI=1S/C11H12F3N3O2/c1-19-4-2-3-7-5-8(11(12,13)14)6-16-9(7)10(18)17-15/h2-3,5-6H,4,15H2,1H3,(H,17,18)/b3-2+. The summed E-state index contributed by atoms with van der Waals surface area (Å²) in [7, 11) is 1.43. The molecule has 0 unspecified atom stereocenters. The highest BCUT2D eigenvalue weighted by molar-refractivity contribution is 5.95. The Morgan fingerprint density at radius 3 is 2.79 bits per heavy atom. The molecule has 0 aromatic carbocycles. The van der Waals surface area contributed by atoms with Gasteiger partial charge in [-0.1, -0.05) is 12.2 Å². The second kappa shape index (κ2) is 6.30. The van der Waals surface area contributed by atoms with Gasteiger partial charge in [0.25, 0.3) is 5.91 Å². The largest absolute Gasteiger partial charge is 0.417 e. The van der Waals surface area contributed by atoms with Gasteiger partial charge in [-0.2, -0.15) is 13.2 Å². The summed E-state index contributed by atoms with van der Waals surface area (Å²) in [5.74, 6) is 4.17. The summed E-state index contributed by atoms with van der Waals surface area (Å²) >= 11 is 0. The minimum Gasteiger partial charge on any atom is -0.381 e. The third kappa shape index (κ3) is 4.04. The topological polar surface area (TPSA) is 77.2 Å². The zero-order valence-corrected chi connectivity index (χ0v) is 9.99. The molecule has 0 aliphatic rings. The molecule has 104 valence electrons. The normalized spacial score (nSPS) is 11.8. The van der Waals surface area contributed by atoms with Crippen molar-refractivity contribution in [2.75, 3.05) is 13.7 Å². The molecule has 1 heterocycles. The lowest BCUT2D eigenvalue weighted by atomic mass is 10.1. The van der Waals surface area contributed by atoms with E-state index < -0.39 is 17.6 Å². The molecule has 0 bridgehead atoms. The number of hydrogen-bond acceptors (Lipinski definition) is 4. The highest BCUT2D eigenvalue weighted by atomic mass is 19.4. The molecule has 1 aromatic rings. The van der Waals surface area contributed by atoms with Gasteiger partial charge >= 0.3 is 6.18 Å². The quantitative estimate of drug-likeness (QED) is 0.494. The minimum atomic E-state index is -4.53. The van der Waals surface area contributed by atoms with Gasteiger partial charge < -0.3 is 4.74 Å². The van der Waals surface area contributed by atoms with Crippen LogP contribution in [-0.2, 0) is 10.9 Å². The average Bonchev–Trinajstić information content (AvgIpc) is 2.37. The molecule has 19 heavy (non-hydrogen) atoms. The monoisotopic (exact) mass is 275 g/mol. The summed E-state index contributed by atoms with van der Waals surface area (Å²) in [4.78, 5) is 14.9. The van der Waals surface area contributed by atoms with Gasteiger partial charge in [-0.05, 0) is 6.07 Å². The van der Waals surface area contributed by atoms with Gasteiger partial charge in [-0.25, -0.2) is 10.8 Å². The molecule has 1 amide bonds. The first-order chi connectivity index (χ1) is 8.90. The second-order valence-electron chi connectivity index (χ2n) is 3.49. The number of carbonyl (C=O) groups excluding carboxylic acids is 1. The number of nitrogens with zero attached hydrogens (tertiary/aromatic N) is 1. The van der Waals surface area contributed by atoms with E-state index in [2.05, 4.69) is 4.98 Å². The van der Waals surface area contributed by atoms with Crippen LogP contribution in [0.4, 0.5) is 13.2 Å². The van der Waals surface area contributed by atoms with Crippen molar-refractivity contribution in [1.29, 1.82) is 0 Å². The number of hydrogen-bond donors (Lipinski definition) is 2. The third-order valence-electron chi connectivity index (χ3n) is 2.15. The van der Waals surface area contributed by atoms with Crippen LogP contribution in [0, 0.1) is 0 Å². The Balaban J connectivity index is 3.22. The van der Waals surface area contributed by atoms with Crippen molar-refractivity contribution in [3.63, 3.8) is 0 Å². The highest BCUT2D eigenvalue weighted by Gasteiger charge is 2.31. The Bertz CT molecular complexity index is 487. The molecule has 1 aromatic heterocycles. The summed E-state index contributed by atoms with van der Waals surface area (Å²) in [5.41, 5.74) is 0.694. The van der Waals surface area contributed by atoms with Crippen LogP contribution in [-0.4, -0.2) is 24.6 Å². The number of nitrogen functional groups attached to an aromatic ring is 1. The van der Waals surface area contributed by atoms with E-state index in [4.69, 9.17) is 10.6 Å². The Kier molecular flexibility index (Phi) is 5.02. The molecule has 0 spiro atoms. The van der Waals surface area contributed by atoms with E-state index in [9.17, 15) is 18.0 Å². The summed E-state index contributed by atoms with van der Waals surface area (Å²) in [6.45, 7) is 0.194. The zero-order valence-electron chi connectivity index (χ0n) is 9.99. The van der Waals surface area contributed by atoms with Gasteiger partial charge in [0.2, 0.25) is 0 Å². The molecule has 1 rings (SSSR count). The van der Waals surface area contributed by atoms with Crippen molar-refractivity contribution < 1.29 is 22.7 Å². The van der Waals surface area contributed by atoms with Gasteiger partial charge in [-0.15, -0.1) is 0 Å². The maximum atomic E-state index is 12.6. The number of amides is 1. The first kappa shape index (κ1) is 15.1. The Labute approximate surface area is 107 Å². The molecule has 0 saturated carbocycles. The van der Waals surface area contributed by atoms with Crippen molar-refractivity contribution >= 4 is 12.0 Å². The van der Waals surface area contributed by atoms with Crippen molar-refractivity contribution in [3.8, 4) is 0 Å². The average molecular weight is 275 g/mol. The lowest BCUT2D eigenvalue weighted by Crippen LogP contribution is -2.31. The van der Waals surface area contributed by atoms with Crippen LogP contribution in [0.2, 0.25) is 0 Å². The number of alkyl halides is 3. The Hall–Kier alpha value is -1.93. The zero-order chi connectivity index (χ0) is 14.5. The summed E-state index contributed by atoms with van der Waals surface area (Å²) in [5, 5.41) is 0. The van der Waals surface area contributed by atoms with E-state index in [1.54, 1.807) is 0 Å². The fraction of sp³-hybridized carbons (Fsp3) is 0.273. The van der Waals surface area contributed by atoms with Gasteiger partial charge in [-0.3, -0.25) is 10.2 Å². The number of pyridine rings is 1. The van der Waals surface area contributed by atoms with Crippen LogP contribution < -0.4 is 11.3 Å². The lowest BCUT2D eigenvalue weighted by Gasteiger charge is -2.09. The highest BCUT2D eigenvalue weighted by Crippen LogP contribution is 2.30. The molecular formula is C11H12F3N3O2. The molecule has 0 fully saturated rings. The van der Waals surface area contributed by atoms with Crippen molar-refractivity contribution in [1.82, 2.24) is 10.4 Å². The number of nitrogens with one attached hydrogen (secondary N) is 1. The number of methoxy groups -OCH3 is 1. The number of ether oxygens (including phenoxy) is 1. The minimum absolute atomic E-state index is 0.00910. The number of carbonyl (C=O) groups is 1. The van der Waals surface area contributed by atoms with Gasteiger partial charge in [0.15, 0.2) is 0 Å². The molecule has 8 heteroatoms. The predicted octanol–water partition coefficient (Wildman–Crippen LogP) is 1.36. The molecular weight excluding hydrogens is 263 g/mol. The van der Waals surface area contributed by atoms with E-state index in [1.807, 2.05) is 5.43 Å². The first-order valence-electron chi connectivity index (χ1n) is 5.13. The number of hydrazine groups is 1. The molecule has 3 N–H and O–H groups in total. The van der Waals surface area contributed by atoms with Crippen molar-refractivity contribution in [2.24, 2.45) is 5.84 Å². The smallest absolute Gasteiger partial charge is 0.381 e. The van der Waals surface area contributed by atoms with Gasteiger partial charge in [0, 0.05) is 18.9 Å². The van der Waals surface area contributed by atoms with Crippen molar-refractivity contribution in [2.45, 2.75) is 6.18 Å². The molecule has 0 radical (unpaired) electrons. The molecule has 5 nitrogen and oxygen atoms in total.